The number of carbonyl (C=O) groups is 1. The highest BCUT2D eigenvalue weighted by atomic mass is 32.2. The van der Waals surface area contributed by atoms with Crippen LogP contribution in [-0.4, -0.2) is 36.7 Å². The number of quaternary nitrogens is 1. The third-order valence-electron chi connectivity index (χ3n) is 6.38. The third-order valence-corrected chi connectivity index (χ3v) is 7.23. The summed E-state index contributed by atoms with van der Waals surface area (Å²) in [7, 11) is -4.27. The SMILES string of the molecule is CCCCCCCCCCCCCCOC(=O)[C@H]([NH3+])[C@@H](O)c1ccccc1.Cc1ccc(S(=O)(=O)[O-])cc1. The van der Waals surface area contributed by atoms with Gasteiger partial charge in [0.1, 0.15) is 16.2 Å². The van der Waals surface area contributed by atoms with Crippen molar-refractivity contribution >= 4 is 16.1 Å². The summed E-state index contributed by atoms with van der Waals surface area (Å²) in [6, 6.07) is 14.1. The van der Waals surface area contributed by atoms with E-state index < -0.39 is 28.2 Å². The van der Waals surface area contributed by atoms with Crippen LogP contribution in [0.5, 0.6) is 0 Å². The van der Waals surface area contributed by atoms with E-state index in [0.717, 1.165) is 18.4 Å². The molecule has 0 unspecified atom stereocenters. The number of ether oxygens (including phenoxy) is 1. The van der Waals surface area contributed by atoms with E-state index in [1.807, 2.05) is 25.1 Å². The van der Waals surface area contributed by atoms with Gasteiger partial charge in [-0.2, -0.15) is 0 Å². The molecule has 0 heterocycles. The number of unbranched alkanes of at least 4 members (excludes halogenated alkanes) is 11. The van der Waals surface area contributed by atoms with Crippen molar-refractivity contribution in [1.29, 1.82) is 0 Å². The topological polar surface area (TPSA) is 131 Å². The molecule has 0 spiro atoms. The number of benzene rings is 2. The van der Waals surface area contributed by atoms with Crippen molar-refractivity contribution in [1.82, 2.24) is 0 Å². The molecule has 214 valence electrons. The molecule has 0 aliphatic rings. The van der Waals surface area contributed by atoms with E-state index in [1.165, 1.54) is 76.3 Å². The van der Waals surface area contributed by atoms with Gasteiger partial charge in [0, 0.05) is 0 Å². The standard InChI is InChI=1S/C23H39NO3.C7H8O3S/c1-2-3-4-5-6-7-8-9-10-11-12-16-19-27-23(26)21(24)22(25)20-17-14-13-15-18-20;1-6-2-4-7(5-3-6)11(8,9)10/h13-15,17-18,21-22,25H,2-12,16,19,24H2,1H3;2-5H,1H3,(H,8,9,10)/t21-,22+;/m1./s1. The Morgan fingerprint density at radius 2 is 1.32 bits per heavy atom. The molecule has 2 atom stereocenters. The average Bonchev–Trinajstić information content (AvgIpc) is 2.91. The number of esters is 1. The van der Waals surface area contributed by atoms with Crippen molar-refractivity contribution in [3.05, 3.63) is 65.7 Å². The van der Waals surface area contributed by atoms with Gasteiger partial charge in [-0.05, 0) is 31.0 Å². The molecule has 0 radical (unpaired) electrons. The van der Waals surface area contributed by atoms with Gasteiger partial charge in [0.2, 0.25) is 6.04 Å². The molecule has 4 N–H and O–H groups in total. The third kappa shape index (κ3) is 15.2. The first-order chi connectivity index (χ1) is 18.2. The van der Waals surface area contributed by atoms with Crippen LogP contribution in [0.4, 0.5) is 0 Å². The smallest absolute Gasteiger partial charge is 0.367 e. The zero-order chi connectivity index (χ0) is 28.2. The van der Waals surface area contributed by atoms with Crippen LogP contribution in [0, 0.1) is 6.92 Å². The Labute approximate surface area is 229 Å². The van der Waals surface area contributed by atoms with Crippen LogP contribution in [0.1, 0.15) is 101 Å². The lowest BCUT2D eigenvalue weighted by Crippen LogP contribution is -2.68. The minimum Gasteiger partial charge on any atom is -0.744 e. The largest absolute Gasteiger partial charge is 0.744 e. The molecule has 0 saturated carbocycles. The maximum Gasteiger partial charge on any atom is 0.367 e. The van der Waals surface area contributed by atoms with E-state index in [4.69, 9.17) is 4.74 Å². The van der Waals surface area contributed by atoms with Crippen LogP contribution in [0.15, 0.2) is 59.5 Å². The predicted molar refractivity (Wildman–Crippen MR) is 149 cm³/mol. The molecule has 0 aliphatic heterocycles. The second-order valence-corrected chi connectivity index (χ2v) is 11.2. The highest BCUT2D eigenvalue weighted by molar-refractivity contribution is 7.85. The summed E-state index contributed by atoms with van der Waals surface area (Å²) in [5, 5.41) is 10.2. The molecule has 0 saturated heterocycles. The highest BCUT2D eigenvalue weighted by Crippen LogP contribution is 2.16. The number of hydrogen-bond donors (Lipinski definition) is 2. The summed E-state index contributed by atoms with van der Waals surface area (Å²) in [6.07, 6.45) is 14.4. The van der Waals surface area contributed by atoms with E-state index >= 15 is 0 Å². The molecule has 2 aromatic carbocycles. The number of hydrogen-bond acceptors (Lipinski definition) is 6. The Kier molecular flexibility index (Phi) is 17.6. The second kappa shape index (κ2) is 19.8. The molecular weight excluding hydrogens is 502 g/mol. The number of carbonyl (C=O) groups excluding carboxylic acids is 1. The normalized spacial score (nSPS) is 12.8. The van der Waals surface area contributed by atoms with Crippen LogP contribution in [0.25, 0.3) is 0 Å². The lowest BCUT2D eigenvalue weighted by molar-refractivity contribution is -0.426. The molecule has 0 aliphatic carbocycles. The molecule has 7 nitrogen and oxygen atoms in total. The van der Waals surface area contributed by atoms with Crippen LogP contribution in [0.3, 0.4) is 0 Å². The molecule has 8 heteroatoms. The molecule has 2 rings (SSSR count). The number of aliphatic hydroxyl groups excluding tert-OH is 1. The van der Waals surface area contributed by atoms with Crippen molar-refractivity contribution in [2.24, 2.45) is 0 Å². The van der Waals surface area contributed by atoms with Crippen molar-refractivity contribution in [2.45, 2.75) is 108 Å². The van der Waals surface area contributed by atoms with Gasteiger partial charge in [-0.15, -0.1) is 0 Å². The van der Waals surface area contributed by atoms with Gasteiger partial charge in [0.25, 0.3) is 0 Å². The summed E-state index contributed by atoms with van der Waals surface area (Å²) in [5.41, 5.74) is 5.39. The van der Waals surface area contributed by atoms with Gasteiger partial charge in [0.05, 0.1) is 11.5 Å². The van der Waals surface area contributed by atoms with Crippen molar-refractivity contribution < 1.29 is 33.3 Å². The van der Waals surface area contributed by atoms with Gasteiger partial charge in [-0.1, -0.05) is 126 Å². The van der Waals surface area contributed by atoms with Crippen LogP contribution in [-0.2, 0) is 19.6 Å². The molecule has 2 aromatic rings. The first kappa shape index (κ1) is 33.8. The Balaban J connectivity index is 0.000000544. The van der Waals surface area contributed by atoms with E-state index in [9.17, 15) is 22.9 Å². The lowest BCUT2D eigenvalue weighted by Gasteiger charge is -2.15. The zero-order valence-corrected chi connectivity index (χ0v) is 24.0. The Morgan fingerprint density at radius 1 is 0.842 bits per heavy atom. The van der Waals surface area contributed by atoms with Gasteiger partial charge in [0.15, 0.2) is 0 Å². The first-order valence-corrected chi connectivity index (χ1v) is 15.3. The highest BCUT2D eigenvalue weighted by Gasteiger charge is 2.29. The molecule has 0 amide bonds. The minimum absolute atomic E-state index is 0.178. The second-order valence-electron chi connectivity index (χ2n) is 9.79. The van der Waals surface area contributed by atoms with E-state index in [-0.39, 0.29) is 4.90 Å². The van der Waals surface area contributed by atoms with Gasteiger partial charge in [-0.25, -0.2) is 13.2 Å². The molecule has 0 fully saturated rings. The summed E-state index contributed by atoms with van der Waals surface area (Å²) < 4.78 is 36.4. The number of aryl methyl sites for hydroxylation is 1. The van der Waals surface area contributed by atoms with Crippen LogP contribution >= 0.6 is 0 Å². The summed E-state index contributed by atoms with van der Waals surface area (Å²) >= 11 is 0. The van der Waals surface area contributed by atoms with Gasteiger partial charge in [-0.3, -0.25) is 0 Å². The van der Waals surface area contributed by atoms with Gasteiger partial charge >= 0.3 is 5.97 Å². The molecular formula is C30H47NO6S. The van der Waals surface area contributed by atoms with Crippen molar-refractivity contribution in [2.75, 3.05) is 6.61 Å². The van der Waals surface area contributed by atoms with Crippen LogP contribution < -0.4 is 5.73 Å². The summed E-state index contributed by atoms with van der Waals surface area (Å²) in [5.74, 6) is -0.422. The first-order valence-electron chi connectivity index (χ1n) is 13.9. The molecule has 0 bridgehead atoms. The summed E-state index contributed by atoms with van der Waals surface area (Å²) in [4.78, 5) is 11.8. The maximum absolute atomic E-state index is 12.0. The fourth-order valence-corrected chi connectivity index (χ4v) is 4.41. The molecule has 0 aromatic heterocycles. The predicted octanol–water partition coefficient (Wildman–Crippen LogP) is 5.47. The fourth-order valence-electron chi connectivity index (χ4n) is 3.94. The fraction of sp³-hybridized carbons (Fsp3) is 0.567. The quantitative estimate of drug-likeness (QED) is 0.153. The number of rotatable bonds is 17. The monoisotopic (exact) mass is 549 g/mol. The zero-order valence-electron chi connectivity index (χ0n) is 23.1. The van der Waals surface area contributed by atoms with Crippen molar-refractivity contribution in [3.8, 4) is 0 Å². The lowest BCUT2D eigenvalue weighted by atomic mass is 10.0. The Bertz CT molecular complexity index is 980. The minimum atomic E-state index is -4.27. The Hall–Kier alpha value is -2.26. The van der Waals surface area contributed by atoms with E-state index in [0.29, 0.717) is 12.2 Å². The van der Waals surface area contributed by atoms with Crippen LogP contribution in [0.2, 0.25) is 0 Å². The Morgan fingerprint density at radius 3 is 1.79 bits per heavy atom. The summed E-state index contributed by atoms with van der Waals surface area (Å²) in [6.45, 7) is 4.50. The maximum atomic E-state index is 12.0. The van der Waals surface area contributed by atoms with Crippen molar-refractivity contribution in [3.63, 3.8) is 0 Å². The van der Waals surface area contributed by atoms with E-state index in [2.05, 4.69) is 12.7 Å². The number of aliphatic hydroxyl groups is 1. The van der Waals surface area contributed by atoms with E-state index in [1.54, 1.807) is 24.3 Å². The van der Waals surface area contributed by atoms with Gasteiger partial charge < -0.3 is 20.1 Å². The molecule has 38 heavy (non-hydrogen) atoms. The average molecular weight is 550 g/mol.